The first-order valence-electron chi connectivity index (χ1n) is 7.72. The SMILES string of the molecule is Cc1[nH]c2cccc(CCN3CCCCC3)c2c1C(=O)O.Cl. The number of carboxylic acids is 1. The second-order valence-corrected chi connectivity index (χ2v) is 5.92. The molecule has 5 heteroatoms. The van der Waals surface area contributed by atoms with Gasteiger partial charge in [0.05, 0.1) is 5.56 Å². The minimum Gasteiger partial charge on any atom is -0.478 e. The number of carbonyl (C=O) groups is 1. The molecular weight excluding hydrogens is 300 g/mol. The summed E-state index contributed by atoms with van der Waals surface area (Å²) in [6.45, 7) is 5.20. The average Bonchev–Trinajstić information content (AvgIpc) is 2.82. The number of rotatable bonds is 4. The minimum absolute atomic E-state index is 0. The van der Waals surface area contributed by atoms with Crippen LogP contribution < -0.4 is 0 Å². The van der Waals surface area contributed by atoms with Crippen LogP contribution in [0.4, 0.5) is 0 Å². The van der Waals surface area contributed by atoms with E-state index < -0.39 is 5.97 Å². The maximum atomic E-state index is 11.5. The maximum Gasteiger partial charge on any atom is 0.338 e. The molecule has 1 fully saturated rings. The van der Waals surface area contributed by atoms with Crippen LogP contribution in [0.2, 0.25) is 0 Å². The summed E-state index contributed by atoms with van der Waals surface area (Å²) >= 11 is 0. The van der Waals surface area contributed by atoms with Gasteiger partial charge in [-0.25, -0.2) is 4.79 Å². The topological polar surface area (TPSA) is 56.3 Å². The van der Waals surface area contributed by atoms with Gasteiger partial charge in [-0.15, -0.1) is 12.4 Å². The lowest BCUT2D eigenvalue weighted by atomic mass is 10.0. The summed E-state index contributed by atoms with van der Waals surface area (Å²) in [5, 5.41) is 10.4. The molecule has 0 radical (unpaired) electrons. The summed E-state index contributed by atoms with van der Waals surface area (Å²) in [4.78, 5) is 17.2. The van der Waals surface area contributed by atoms with E-state index in [9.17, 15) is 9.90 Å². The molecule has 0 aliphatic carbocycles. The van der Waals surface area contributed by atoms with Gasteiger partial charge >= 0.3 is 5.97 Å². The van der Waals surface area contributed by atoms with Crippen LogP contribution in [0.5, 0.6) is 0 Å². The molecule has 4 nitrogen and oxygen atoms in total. The molecule has 3 rings (SSSR count). The van der Waals surface area contributed by atoms with Crippen molar-refractivity contribution in [3.63, 3.8) is 0 Å². The number of aromatic carboxylic acids is 1. The molecule has 22 heavy (non-hydrogen) atoms. The van der Waals surface area contributed by atoms with E-state index in [1.807, 2.05) is 19.1 Å². The largest absolute Gasteiger partial charge is 0.478 e. The molecule has 2 N–H and O–H groups in total. The number of piperidine rings is 1. The molecule has 2 aromatic rings. The zero-order chi connectivity index (χ0) is 14.8. The van der Waals surface area contributed by atoms with Crippen LogP contribution in [0.25, 0.3) is 10.9 Å². The Morgan fingerprint density at radius 1 is 1.27 bits per heavy atom. The Morgan fingerprint density at radius 3 is 2.68 bits per heavy atom. The van der Waals surface area contributed by atoms with Gasteiger partial charge in [-0.2, -0.15) is 0 Å². The molecule has 0 spiro atoms. The monoisotopic (exact) mass is 322 g/mol. The number of H-pyrrole nitrogens is 1. The summed E-state index contributed by atoms with van der Waals surface area (Å²) in [6, 6.07) is 6.03. The van der Waals surface area contributed by atoms with Gasteiger partial charge in [-0.3, -0.25) is 0 Å². The third-order valence-corrected chi connectivity index (χ3v) is 4.46. The third kappa shape index (κ3) is 3.28. The molecule has 0 saturated carbocycles. The van der Waals surface area contributed by atoms with E-state index in [0.29, 0.717) is 5.56 Å². The summed E-state index contributed by atoms with van der Waals surface area (Å²) < 4.78 is 0. The molecule has 1 aromatic heterocycles. The molecular formula is C17H23ClN2O2. The standard InChI is InChI=1S/C17H22N2O2.ClH/c1-12-15(17(20)21)16-13(6-5-7-14(16)18-12)8-11-19-9-3-2-4-10-19;/h5-7,18H,2-4,8-11H2,1H3,(H,20,21);1H. The summed E-state index contributed by atoms with van der Waals surface area (Å²) in [7, 11) is 0. The van der Waals surface area contributed by atoms with Gasteiger partial charge in [-0.1, -0.05) is 18.6 Å². The summed E-state index contributed by atoms with van der Waals surface area (Å²) in [5.74, 6) is -0.843. The number of aromatic nitrogens is 1. The lowest BCUT2D eigenvalue weighted by Gasteiger charge is -2.26. The van der Waals surface area contributed by atoms with Crippen molar-refractivity contribution in [2.45, 2.75) is 32.6 Å². The predicted molar refractivity (Wildman–Crippen MR) is 91.2 cm³/mol. The van der Waals surface area contributed by atoms with Crippen LogP contribution >= 0.6 is 12.4 Å². The number of hydrogen-bond acceptors (Lipinski definition) is 2. The summed E-state index contributed by atoms with van der Waals surface area (Å²) in [5.41, 5.74) is 3.24. The number of halogens is 1. The molecule has 1 aromatic carbocycles. The molecule has 0 bridgehead atoms. The van der Waals surface area contributed by atoms with Crippen LogP contribution in [-0.2, 0) is 6.42 Å². The molecule has 2 heterocycles. The van der Waals surface area contributed by atoms with Gasteiger partial charge in [-0.05, 0) is 50.9 Å². The number of nitrogens with one attached hydrogen (secondary N) is 1. The first-order valence-corrected chi connectivity index (χ1v) is 7.72. The lowest BCUT2D eigenvalue weighted by Crippen LogP contribution is -2.31. The van der Waals surface area contributed by atoms with Crippen molar-refractivity contribution in [3.8, 4) is 0 Å². The van der Waals surface area contributed by atoms with Crippen LogP contribution in [0.1, 0.15) is 40.9 Å². The molecule has 1 aliphatic rings. The fourth-order valence-corrected chi connectivity index (χ4v) is 3.39. The zero-order valence-electron chi connectivity index (χ0n) is 12.9. The van der Waals surface area contributed by atoms with Crippen molar-refractivity contribution < 1.29 is 9.90 Å². The molecule has 0 atom stereocenters. The Hall–Kier alpha value is -1.52. The van der Waals surface area contributed by atoms with Gasteiger partial charge in [0.1, 0.15) is 0 Å². The normalized spacial score (nSPS) is 15.7. The third-order valence-electron chi connectivity index (χ3n) is 4.46. The number of hydrogen-bond donors (Lipinski definition) is 2. The first-order chi connectivity index (χ1) is 10.2. The Labute approximate surface area is 136 Å². The highest BCUT2D eigenvalue weighted by Crippen LogP contribution is 2.26. The molecule has 1 saturated heterocycles. The molecule has 120 valence electrons. The number of nitrogens with zero attached hydrogens (tertiary/aromatic N) is 1. The highest BCUT2D eigenvalue weighted by atomic mass is 35.5. The van der Waals surface area contributed by atoms with Crippen molar-refractivity contribution >= 4 is 29.3 Å². The number of aromatic amines is 1. The van der Waals surface area contributed by atoms with Gasteiger partial charge in [0, 0.05) is 23.1 Å². The van der Waals surface area contributed by atoms with Gasteiger partial charge in [0.25, 0.3) is 0 Å². The average molecular weight is 323 g/mol. The van der Waals surface area contributed by atoms with E-state index in [1.54, 1.807) is 0 Å². The number of benzene rings is 1. The van der Waals surface area contributed by atoms with E-state index in [1.165, 1.54) is 32.4 Å². The van der Waals surface area contributed by atoms with Crippen molar-refractivity contribution in [1.29, 1.82) is 0 Å². The molecule has 1 aliphatic heterocycles. The Kier molecular flexibility index (Phi) is 5.48. The number of aryl methyl sites for hydroxylation is 1. The highest BCUT2D eigenvalue weighted by molar-refractivity contribution is 6.06. The van der Waals surface area contributed by atoms with E-state index in [2.05, 4.69) is 16.0 Å². The van der Waals surface area contributed by atoms with Crippen molar-refractivity contribution in [1.82, 2.24) is 9.88 Å². The Bertz CT molecular complexity index is 660. The fraction of sp³-hybridized carbons (Fsp3) is 0.471. The van der Waals surface area contributed by atoms with Crippen molar-refractivity contribution in [3.05, 3.63) is 35.0 Å². The first kappa shape index (κ1) is 16.8. The smallest absolute Gasteiger partial charge is 0.338 e. The van der Waals surface area contributed by atoms with E-state index in [4.69, 9.17) is 0 Å². The van der Waals surface area contributed by atoms with Gasteiger partial charge in [0.2, 0.25) is 0 Å². The summed E-state index contributed by atoms with van der Waals surface area (Å²) in [6.07, 6.45) is 4.82. The fourth-order valence-electron chi connectivity index (χ4n) is 3.39. The second kappa shape index (κ2) is 7.16. The predicted octanol–water partition coefficient (Wildman–Crippen LogP) is 3.62. The second-order valence-electron chi connectivity index (χ2n) is 5.92. The minimum atomic E-state index is -0.843. The van der Waals surface area contributed by atoms with E-state index in [0.717, 1.165) is 35.1 Å². The van der Waals surface area contributed by atoms with E-state index >= 15 is 0 Å². The van der Waals surface area contributed by atoms with Crippen LogP contribution in [0.15, 0.2) is 18.2 Å². The van der Waals surface area contributed by atoms with Crippen molar-refractivity contribution in [2.75, 3.05) is 19.6 Å². The van der Waals surface area contributed by atoms with Crippen molar-refractivity contribution in [2.24, 2.45) is 0 Å². The zero-order valence-corrected chi connectivity index (χ0v) is 13.7. The number of fused-ring (bicyclic) bond motifs is 1. The van der Waals surface area contributed by atoms with E-state index in [-0.39, 0.29) is 12.4 Å². The molecule has 0 amide bonds. The molecule has 0 unspecified atom stereocenters. The van der Waals surface area contributed by atoms with Crippen LogP contribution in [-0.4, -0.2) is 40.6 Å². The number of likely N-dealkylation sites (tertiary alicyclic amines) is 1. The van der Waals surface area contributed by atoms with Crippen LogP contribution in [0.3, 0.4) is 0 Å². The van der Waals surface area contributed by atoms with Crippen LogP contribution in [0, 0.1) is 6.92 Å². The van der Waals surface area contributed by atoms with Gasteiger partial charge < -0.3 is 15.0 Å². The Morgan fingerprint density at radius 2 is 2.00 bits per heavy atom. The lowest BCUT2D eigenvalue weighted by molar-refractivity contribution is 0.0698. The highest BCUT2D eigenvalue weighted by Gasteiger charge is 2.18. The number of carboxylic acid groups (broad SMARTS) is 1. The maximum absolute atomic E-state index is 11.5. The quantitative estimate of drug-likeness (QED) is 0.903. The van der Waals surface area contributed by atoms with Gasteiger partial charge in [0.15, 0.2) is 0 Å². The Balaban J connectivity index is 0.00000176.